The molecule has 0 spiro atoms. The lowest BCUT2D eigenvalue weighted by Crippen LogP contribution is -2.19. The van der Waals surface area contributed by atoms with Gasteiger partial charge in [-0.15, -0.1) is 0 Å². The van der Waals surface area contributed by atoms with Crippen LogP contribution >= 0.6 is 0 Å². The first-order valence-electron chi connectivity index (χ1n) is 7.86. The van der Waals surface area contributed by atoms with Crippen LogP contribution in [0.3, 0.4) is 0 Å². The van der Waals surface area contributed by atoms with E-state index >= 15 is 0 Å². The Balaban J connectivity index is 1.66. The molecule has 130 valence electrons. The van der Waals surface area contributed by atoms with Gasteiger partial charge in [0.1, 0.15) is 42.3 Å². The van der Waals surface area contributed by atoms with Crippen molar-refractivity contribution in [3.63, 3.8) is 0 Å². The summed E-state index contributed by atoms with van der Waals surface area (Å²) in [5.74, 6) is 0.466. The third kappa shape index (κ3) is 2.83. The summed E-state index contributed by atoms with van der Waals surface area (Å²) in [6.07, 6.45) is 4.37. The molecular formula is C19H14FN3O3. The molecule has 0 saturated carbocycles. The Morgan fingerprint density at radius 2 is 2.15 bits per heavy atom. The van der Waals surface area contributed by atoms with Gasteiger partial charge in [-0.1, -0.05) is 6.07 Å². The molecular weight excluding hydrogens is 337 g/mol. The number of aromatic nitrogens is 3. The molecule has 7 heteroatoms. The number of ether oxygens (including phenoxy) is 2. The molecule has 1 aliphatic rings. The Bertz CT molecular complexity index is 1010. The van der Waals surface area contributed by atoms with Crippen molar-refractivity contribution in [2.75, 3.05) is 13.7 Å². The van der Waals surface area contributed by atoms with Crippen molar-refractivity contribution in [3.8, 4) is 17.2 Å². The molecule has 4 rings (SSSR count). The topological polar surface area (TPSA) is 66.2 Å². The van der Waals surface area contributed by atoms with Gasteiger partial charge in [-0.3, -0.25) is 4.79 Å². The average Bonchev–Trinajstić information content (AvgIpc) is 3.18. The minimum absolute atomic E-state index is 0.130. The quantitative estimate of drug-likeness (QED) is 0.679. The fourth-order valence-corrected chi connectivity index (χ4v) is 2.77. The number of rotatable bonds is 3. The molecule has 0 amide bonds. The lowest BCUT2D eigenvalue weighted by atomic mass is 9.98. The molecule has 1 aliphatic heterocycles. The summed E-state index contributed by atoms with van der Waals surface area (Å²) in [5.41, 5.74) is 1.72. The monoisotopic (exact) mass is 351 g/mol. The maximum Gasteiger partial charge on any atom is 0.196 e. The van der Waals surface area contributed by atoms with E-state index in [1.165, 1.54) is 30.5 Å². The van der Waals surface area contributed by atoms with Crippen molar-refractivity contribution in [2.45, 2.75) is 0 Å². The SMILES string of the molecule is COc1ccc2c(c1)C(=O)/C(=C/c1ccc(-n3cncn3)c(F)c1)CO2. The molecule has 0 N–H and O–H groups in total. The standard InChI is InChI=1S/C19H14FN3O3/c1-25-14-3-5-18-15(8-14)19(24)13(9-26-18)6-12-2-4-17(16(20)7-12)23-11-21-10-22-23/h2-8,10-11H,9H2,1H3/b13-6+. The molecule has 0 atom stereocenters. The summed E-state index contributed by atoms with van der Waals surface area (Å²) in [6.45, 7) is 0.130. The van der Waals surface area contributed by atoms with Crippen LogP contribution in [0.1, 0.15) is 15.9 Å². The van der Waals surface area contributed by atoms with E-state index in [2.05, 4.69) is 10.1 Å². The molecule has 6 nitrogen and oxygen atoms in total. The number of fused-ring (bicyclic) bond motifs is 1. The normalized spacial score (nSPS) is 14.8. The van der Waals surface area contributed by atoms with Crippen LogP contribution in [-0.4, -0.2) is 34.3 Å². The van der Waals surface area contributed by atoms with Crippen LogP contribution in [0.2, 0.25) is 0 Å². The second-order valence-electron chi connectivity index (χ2n) is 5.70. The van der Waals surface area contributed by atoms with Gasteiger partial charge in [0, 0.05) is 5.57 Å². The van der Waals surface area contributed by atoms with Gasteiger partial charge in [-0.2, -0.15) is 5.10 Å². The molecule has 0 fully saturated rings. The lowest BCUT2D eigenvalue weighted by molar-refractivity contribution is 0.100. The highest BCUT2D eigenvalue weighted by Gasteiger charge is 2.24. The summed E-state index contributed by atoms with van der Waals surface area (Å²) in [6, 6.07) is 9.72. The zero-order valence-electron chi connectivity index (χ0n) is 13.8. The highest BCUT2D eigenvalue weighted by Crippen LogP contribution is 2.31. The van der Waals surface area contributed by atoms with Crippen LogP contribution in [-0.2, 0) is 0 Å². The number of carbonyl (C=O) groups excluding carboxylic acids is 1. The van der Waals surface area contributed by atoms with Crippen LogP contribution in [0.25, 0.3) is 11.8 Å². The molecule has 2 aromatic carbocycles. The number of carbonyl (C=O) groups is 1. The number of halogens is 1. The second-order valence-corrected chi connectivity index (χ2v) is 5.70. The van der Waals surface area contributed by atoms with Gasteiger partial charge >= 0.3 is 0 Å². The summed E-state index contributed by atoms with van der Waals surface area (Å²) in [5, 5.41) is 3.91. The van der Waals surface area contributed by atoms with Gasteiger partial charge in [0.2, 0.25) is 0 Å². The van der Waals surface area contributed by atoms with Crippen molar-refractivity contribution in [1.29, 1.82) is 0 Å². The van der Waals surface area contributed by atoms with E-state index in [-0.39, 0.29) is 18.1 Å². The van der Waals surface area contributed by atoms with Crippen LogP contribution in [0.4, 0.5) is 4.39 Å². The highest BCUT2D eigenvalue weighted by atomic mass is 19.1. The minimum atomic E-state index is -0.462. The summed E-state index contributed by atoms with van der Waals surface area (Å²) in [4.78, 5) is 16.5. The van der Waals surface area contributed by atoms with Gasteiger partial charge in [0.05, 0.1) is 12.7 Å². The maximum atomic E-state index is 14.4. The maximum absolute atomic E-state index is 14.4. The van der Waals surface area contributed by atoms with E-state index < -0.39 is 5.82 Å². The summed E-state index contributed by atoms with van der Waals surface area (Å²) < 4.78 is 26.5. The number of ketones is 1. The largest absolute Gasteiger partial charge is 0.497 e. The molecule has 0 radical (unpaired) electrons. The number of hydrogen-bond acceptors (Lipinski definition) is 5. The number of benzene rings is 2. The molecule has 2 heterocycles. The Hall–Kier alpha value is -3.48. The van der Waals surface area contributed by atoms with E-state index in [9.17, 15) is 9.18 Å². The van der Waals surface area contributed by atoms with Crippen molar-refractivity contribution in [3.05, 3.63) is 71.6 Å². The third-order valence-electron chi connectivity index (χ3n) is 4.08. The predicted molar refractivity (Wildman–Crippen MR) is 92.1 cm³/mol. The number of nitrogens with zero attached hydrogens (tertiary/aromatic N) is 3. The van der Waals surface area contributed by atoms with Crippen LogP contribution in [0.15, 0.2) is 54.6 Å². The van der Waals surface area contributed by atoms with Crippen LogP contribution < -0.4 is 9.47 Å². The van der Waals surface area contributed by atoms with E-state index in [0.717, 1.165) is 0 Å². The Kier molecular flexibility index (Phi) is 3.96. The first-order chi connectivity index (χ1) is 12.7. The summed E-state index contributed by atoms with van der Waals surface area (Å²) >= 11 is 0. The van der Waals surface area contributed by atoms with E-state index in [0.29, 0.717) is 28.2 Å². The first-order valence-corrected chi connectivity index (χ1v) is 7.86. The van der Waals surface area contributed by atoms with Crippen molar-refractivity contribution in [2.24, 2.45) is 0 Å². The zero-order chi connectivity index (χ0) is 18.1. The number of methoxy groups -OCH3 is 1. The highest BCUT2D eigenvalue weighted by molar-refractivity contribution is 6.14. The molecule has 3 aromatic rings. The molecule has 0 unspecified atom stereocenters. The molecule has 0 aliphatic carbocycles. The number of hydrogen-bond donors (Lipinski definition) is 0. The average molecular weight is 351 g/mol. The van der Waals surface area contributed by atoms with Crippen molar-refractivity contribution >= 4 is 11.9 Å². The van der Waals surface area contributed by atoms with E-state index in [1.54, 1.807) is 36.4 Å². The fourth-order valence-electron chi connectivity index (χ4n) is 2.77. The van der Waals surface area contributed by atoms with Gasteiger partial charge in [-0.25, -0.2) is 14.1 Å². The molecule has 1 aromatic heterocycles. The van der Waals surface area contributed by atoms with Gasteiger partial charge in [-0.05, 0) is 42.0 Å². The molecule has 0 bridgehead atoms. The molecule has 0 saturated heterocycles. The Labute approximate surface area is 148 Å². The Morgan fingerprint density at radius 3 is 2.88 bits per heavy atom. The number of Topliss-reactive ketones (excluding diaryl/α,β-unsaturated/α-hetero) is 1. The zero-order valence-corrected chi connectivity index (χ0v) is 13.8. The summed E-state index contributed by atoms with van der Waals surface area (Å²) in [7, 11) is 1.53. The van der Waals surface area contributed by atoms with E-state index in [4.69, 9.17) is 9.47 Å². The van der Waals surface area contributed by atoms with Gasteiger partial charge in [0.25, 0.3) is 0 Å². The van der Waals surface area contributed by atoms with E-state index in [1.807, 2.05) is 0 Å². The fraction of sp³-hybridized carbons (Fsp3) is 0.105. The van der Waals surface area contributed by atoms with Crippen molar-refractivity contribution < 1.29 is 18.7 Å². The Morgan fingerprint density at radius 1 is 1.27 bits per heavy atom. The van der Waals surface area contributed by atoms with Gasteiger partial charge < -0.3 is 9.47 Å². The first kappa shape index (κ1) is 16.0. The third-order valence-corrected chi connectivity index (χ3v) is 4.08. The van der Waals surface area contributed by atoms with Crippen molar-refractivity contribution in [1.82, 2.24) is 14.8 Å². The minimum Gasteiger partial charge on any atom is -0.497 e. The second kappa shape index (κ2) is 6.44. The van der Waals surface area contributed by atoms with Crippen LogP contribution in [0, 0.1) is 5.82 Å². The van der Waals surface area contributed by atoms with Gasteiger partial charge in [0.15, 0.2) is 5.78 Å². The molecule has 26 heavy (non-hydrogen) atoms. The smallest absolute Gasteiger partial charge is 0.196 e. The predicted octanol–water partition coefficient (Wildman–Crippen LogP) is 3.07. The van der Waals surface area contributed by atoms with Crippen LogP contribution in [0.5, 0.6) is 11.5 Å². The lowest BCUT2D eigenvalue weighted by Gasteiger charge is -2.19.